The van der Waals surface area contributed by atoms with E-state index in [0.29, 0.717) is 0 Å². The molecular weight excluding hydrogens is 298 g/mol. The molecule has 0 saturated carbocycles. The zero-order chi connectivity index (χ0) is 16.2. The largest absolute Gasteiger partial charge is 0.337 e. The number of hydrogen-bond donors (Lipinski definition) is 0. The van der Waals surface area contributed by atoms with Crippen LogP contribution in [0.3, 0.4) is 0 Å². The zero-order valence-electron chi connectivity index (χ0n) is 13.8. The number of piperidine rings is 1. The Morgan fingerprint density at radius 3 is 2.58 bits per heavy atom. The van der Waals surface area contributed by atoms with Gasteiger partial charge < -0.3 is 9.13 Å². The molecule has 0 amide bonds. The number of hydrogen-bond acceptors (Lipinski definition) is 3. The molecule has 0 aliphatic carbocycles. The Hall–Kier alpha value is -2.40. The fourth-order valence-corrected chi connectivity index (χ4v) is 3.58. The number of nitrogens with zero attached hydrogens (tertiary/aromatic N) is 5. The van der Waals surface area contributed by atoms with Crippen molar-refractivity contribution in [2.75, 3.05) is 13.1 Å². The molecule has 5 nitrogen and oxygen atoms in total. The van der Waals surface area contributed by atoms with Crippen LogP contribution in [-0.2, 0) is 13.1 Å². The van der Waals surface area contributed by atoms with Crippen molar-refractivity contribution in [2.24, 2.45) is 5.92 Å². The van der Waals surface area contributed by atoms with Crippen LogP contribution in [0.5, 0.6) is 0 Å². The van der Waals surface area contributed by atoms with E-state index in [0.717, 1.165) is 24.7 Å². The second kappa shape index (κ2) is 7.01. The first-order valence-corrected chi connectivity index (χ1v) is 8.62. The summed E-state index contributed by atoms with van der Waals surface area (Å²) < 4.78 is 4.24. The summed E-state index contributed by atoms with van der Waals surface area (Å²) in [6, 6.07) is 8.80. The van der Waals surface area contributed by atoms with Gasteiger partial charge in [0.05, 0.1) is 12.7 Å². The average Bonchev–Trinajstić information content (AvgIpc) is 3.29. The van der Waals surface area contributed by atoms with Gasteiger partial charge in [-0.25, -0.2) is 9.97 Å². The van der Waals surface area contributed by atoms with Crippen molar-refractivity contribution < 1.29 is 0 Å². The molecule has 1 unspecified atom stereocenters. The Balaban J connectivity index is 1.36. The molecule has 0 spiro atoms. The fourth-order valence-electron chi connectivity index (χ4n) is 3.58. The highest BCUT2D eigenvalue weighted by Crippen LogP contribution is 2.20. The lowest BCUT2D eigenvalue weighted by Gasteiger charge is -2.33. The fraction of sp³-hybridized carbons (Fsp3) is 0.368. The lowest BCUT2D eigenvalue weighted by molar-refractivity contribution is 0.156. The second-order valence-corrected chi connectivity index (χ2v) is 6.64. The van der Waals surface area contributed by atoms with Crippen molar-refractivity contribution in [3.8, 4) is 5.69 Å². The number of aromatic nitrogens is 4. The van der Waals surface area contributed by atoms with Gasteiger partial charge in [0.15, 0.2) is 0 Å². The topological polar surface area (TPSA) is 38.9 Å². The van der Waals surface area contributed by atoms with Gasteiger partial charge in [0.2, 0.25) is 0 Å². The first-order valence-electron chi connectivity index (χ1n) is 8.62. The van der Waals surface area contributed by atoms with E-state index in [1.54, 1.807) is 0 Å². The van der Waals surface area contributed by atoms with E-state index in [1.165, 1.54) is 31.5 Å². The Kier molecular flexibility index (Phi) is 4.42. The van der Waals surface area contributed by atoms with E-state index in [4.69, 9.17) is 0 Å². The number of rotatable bonds is 5. The van der Waals surface area contributed by atoms with E-state index in [9.17, 15) is 0 Å². The third-order valence-electron chi connectivity index (χ3n) is 4.78. The summed E-state index contributed by atoms with van der Waals surface area (Å²) in [5.74, 6) is 0.721. The van der Waals surface area contributed by atoms with Crippen LogP contribution in [0.4, 0.5) is 0 Å². The summed E-state index contributed by atoms with van der Waals surface area (Å²) in [4.78, 5) is 10.8. The van der Waals surface area contributed by atoms with Gasteiger partial charge in [-0.15, -0.1) is 0 Å². The monoisotopic (exact) mass is 321 g/mol. The SMILES string of the molecule is c1cn(CC2CCCN(Cc3ccc(-n4ccnc4)cc3)C2)cn1. The summed E-state index contributed by atoms with van der Waals surface area (Å²) in [5.41, 5.74) is 2.54. The highest BCUT2D eigenvalue weighted by molar-refractivity contribution is 5.34. The summed E-state index contributed by atoms with van der Waals surface area (Å²) in [5, 5.41) is 0. The van der Waals surface area contributed by atoms with Crippen LogP contribution in [0.25, 0.3) is 5.69 Å². The van der Waals surface area contributed by atoms with Crippen LogP contribution in [-0.4, -0.2) is 37.1 Å². The Bertz CT molecular complexity index is 731. The first kappa shape index (κ1) is 15.1. The molecule has 0 N–H and O–H groups in total. The van der Waals surface area contributed by atoms with Gasteiger partial charge in [0.25, 0.3) is 0 Å². The van der Waals surface area contributed by atoms with E-state index in [2.05, 4.69) is 49.9 Å². The van der Waals surface area contributed by atoms with Crippen LogP contribution in [0.1, 0.15) is 18.4 Å². The van der Waals surface area contributed by atoms with Crippen molar-refractivity contribution in [3.05, 3.63) is 67.3 Å². The average molecular weight is 321 g/mol. The van der Waals surface area contributed by atoms with E-state index in [-0.39, 0.29) is 0 Å². The molecule has 1 fully saturated rings. The quantitative estimate of drug-likeness (QED) is 0.725. The summed E-state index contributed by atoms with van der Waals surface area (Å²) in [6.07, 6.45) is 14.1. The minimum atomic E-state index is 0.721. The lowest BCUT2D eigenvalue weighted by Crippen LogP contribution is -2.36. The molecule has 2 aromatic heterocycles. The van der Waals surface area contributed by atoms with Crippen LogP contribution in [0, 0.1) is 5.92 Å². The maximum absolute atomic E-state index is 4.15. The van der Waals surface area contributed by atoms with Crippen molar-refractivity contribution in [2.45, 2.75) is 25.9 Å². The molecule has 1 aliphatic rings. The standard InChI is InChI=1S/C19H23N5/c1-2-18(14-23-10-7-20-15-23)13-22(9-1)12-17-3-5-19(6-4-17)24-11-8-21-16-24/h3-8,10-11,15-16,18H,1-2,9,12-14H2. The van der Waals surface area contributed by atoms with Gasteiger partial charge >= 0.3 is 0 Å². The predicted octanol–water partition coefficient (Wildman–Crippen LogP) is 2.98. The molecule has 0 bridgehead atoms. The summed E-state index contributed by atoms with van der Waals surface area (Å²) in [6.45, 7) is 4.48. The van der Waals surface area contributed by atoms with E-state index < -0.39 is 0 Å². The smallest absolute Gasteiger partial charge is 0.0991 e. The van der Waals surface area contributed by atoms with Crippen LogP contribution in [0.2, 0.25) is 0 Å². The molecule has 24 heavy (non-hydrogen) atoms. The minimum absolute atomic E-state index is 0.721. The third kappa shape index (κ3) is 3.57. The molecule has 3 aromatic rings. The van der Waals surface area contributed by atoms with Crippen LogP contribution < -0.4 is 0 Å². The van der Waals surface area contributed by atoms with Crippen LogP contribution >= 0.6 is 0 Å². The maximum atomic E-state index is 4.15. The number of imidazole rings is 2. The van der Waals surface area contributed by atoms with E-state index in [1.807, 2.05) is 35.8 Å². The minimum Gasteiger partial charge on any atom is -0.337 e. The van der Waals surface area contributed by atoms with Crippen molar-refractivity contribution in [3.63, 3.8) is 0 Å². The second-order valence-electron chi connectivity index (χ2n) is 6.64. The molecule has 1 saturated heterocycles. The molecule has 5 heteroatoms. The van der Waals surface area contributed by atoms with Gasteiger partial charge in [-0.1, -0.05) is 12.1 Å². The normalized spacial score (nSPS) is 18.8. The summed E-state index contributed by atoms with van der Waals surface area (Å²) in [7, 11) is 0. The van der Waals surface area contributed by atoms with E-state index >= 15 is 0 Å². The molecule has 1 atom stereocenters. The molecule has 1 aliphatic heterocycles. The highest BCUT2D eigenvalue weighted by atomic mass is 15.1. The van der Waals surface area contributed by atoms with Gasteiger partial charge in [-0.3, -0.25) is 4.90 Å². The van der Waals surface area contributed by atoms with Crippen molar-refractivity contribution >= 4 is 0 Å². The van der Waals surface area contributed by atoms with Gasteiger partial charge in [-0.2, -0.15) is 0 Å². The summed E-state index contributed by atoms with van der Waals surface area (Å²) >= 11 is 0. The van der Waals surface area contributed by atoms with Crippen molar-refractivity contribution in [1.29, 1.82) is 0 Å². The molecule has 0 radical (unpaired) electrons. The van der Waals surface area contributed by atoms with Gasteiger partial charge in [-0.05, 0) is 43.0 Å². The molecule has 4 rings (SSSR count). The lowest BCUT2D eigenvalue weighted by atomic mass is 9.97. The molecule has 1 aromatic carbocycles. The Labute approximate surface area is 142 Å². The van der Waals surface area contributed by atoms with Crippen LogP contribution in [0.15, 0.2) is 61.7 Å². The maximum Gasteiger partial charge on any atom is 0.0991 e. The molecular formula is C19H23N5. The Morgan fingerprint density at radius 2 is 1.83 bits per heavy atom. The van der Waals surface area contributed by atoms with Gasteiger partial charge in [0, 0.05) is 50.1 Å². The van der Waals surface area contributed by atoms with Gasteiger partial charge in [0.1, 0.15) is 0 Å². The molecule has 3 heterocycles. The predicted molar refractivity (Wildman–Crippen MR) is 93.8 cm³/mol. The third-order valence-corrected chi connectivity index (χ3v) is 4.78. The zero-order valence-corrected chi connectivity index (χ0v) is 13.8. The Morgan fingerprint density at radius 1 is 1.00 bits per heavy atom. The van der Waals surface area contributed by atoms with Crippen molar-refractivity contribution in [1.82, 2.24) is 24.0 Å². The molecule has 124 valence electrons. The first-order chi connectivity index (χ1) is 11.9. The number of benzene rings is 1. The highest BCUT2D eigenvalue weighted by Gasteiger charge is 2.20. The number of likely N-dealkylation sites (tertiary alicyclic amines) is 1.